The summed E-state index contributed by atoms with van der Waals surface area (Å²) in [5, 5.41) is 8.22. The molecule has 2 aromatic carbocycles. The molecular formula is C27H31ClN4O3. The number of benzene rings is 2. The third-order valence-corrected chi connectivity index (χ3v) is 6.16. The number of ether oxygens (including phenoxy) is 1. The molecule has 0 spiro atoms. The Kier molecular flexibility index (Phi) is 7.45. The van der Waals surface area contributed by atoms with Crippen molar-refractivity contribution in [1.82, 2.24) is 20.0 Å². The molecule has 1 saturated heterocycles. The van der Waals surface area contributed by atoms with Crippen LogP contribution < -0.4 is 5.32 Å². The van der Waals surface area contributed by atoms with Crippen molar-refractivity contribution in [1.29, 1.82) is 0 Å². The average Bonchev–Trinajstić information content (AvgIpc) is 3.27. The van der Waals surface area contributed by atoms with E-state index < -0.39 is 5.60 Å². The van der Waals surface area contributed by atoms with Crippen molar-refractivity contribution in [2.45, 2.75) is 51.7 Å². The Labute approximate surface area is 211 Å². The molecule has 2 amide bonds. The first-order valence-electron chi connectivity index (χ1n) is 11.8. The van der Waals surface area contributed by atoms with Crippen molar-refractivity contribution in [2.75, 3.05) is 13.1 Å². The summed E-state index contributed by atoms with van der Waals surface area (Å²) < 4.78 is 7.39. The first-order chi connectivity index (χ1) is 16.7. The van der Waals surface area contributed by atoms with E-state index in [9.17, 15) is 9.59 Å². The van der Waals surface area contributed by atoms with Crippen LogP contribution in [-0.4, -0.2) is 45.4 Å². The van der Waals surface area contributed by atoms with E-state index in [1.807, 2.05) is 74.0 Å². The number of nitrogens with one attached hydrogen (secondary N) is 1. The molecule has 1 aliphatic heterocycles. The second-order valence-corrected chi connectivity index (χ2v) is 10.2. The second-order valence-electron chi connectivity index (χ2n) is 9.75. The summed E-state index contributed by atoms with van der Waals surface area (Å²) in [5.74, 6) is -0.111. The van der Waals surface area contributed by atoms with Gasteiger partial charge in [0.1, 0.15) is 5.60 Å². The van der Waals surface area contributed by atoms with Gasteiger partial charge in [0.2, 0.25) is 0 Å². The molecule has 0 radical (unpaired) electrons. The van der Waals surface area contributed by atoms with Gasteiger partial charge in [0, 0.05) is 30.6 Å². The summed E-state index contributed by atoms with van der Waals surface area (Å²) in [6, 6.07) is 17.2. The number of carbonyl (C=O) groups excluding carboxylic acids is 2. The number of hydrogen-bond donors (Lipinski definition) is 1. The predicted octanol–water partition coefficient (Wildman–Crippen LogP) is 5.57. The van der Waals surface area contributed by atoms with Crippen LogP contribution >= 0.6 is 11.6 Å². The maximum absolute atomic E-state index is 13.3. The smallest absolute Gasteiger partial charge is 0.410 e. The topological polar surface area (TPSA) is 76.5 Å². The van der Waals surface area contributed by atoms with Crippen molar-refractivity contribution in [3.05, 3.63) is 82.6 Å². The van der Waals surface area contributed by atoms with Gasteiger partial charge < -0.3 is 15.0 Å². The monoisotopic (exact) mass is 494 g/mol. The fraction of sp³-hybridized carbons (Fsp3) is 0.370. The second kappa shape index (κ2) is 10.5. The Hall–Kier alpha value is -3.32. The van der Waals surface area contributed by atoms with E-state index in [1.54, 1.807) is 17.2 Å². The van der Waals surface area contributed by atoms with Gasteiger partial charge in [-0.2, -0.15) is 5.10 Å². The molecule has 0 unspecified atom stereocenters. The highest BCUT2D eigenvalue weighted by molar-refractivity contribution is 6.30. The van der Waals surface area contributed by atoms with E-state index in [0.29, 0.717) is 43.1 Å². The molecule has 1 aliphatic rings. The number of amides is 2. The Morgan fingerprint density at radius 2 is 1.80 bits per heavy atom. The van der Waals surface area contributed by atoms with Gasteiger partial charge >= 0.3 is 6.09 Å². The van der Waals surface area contributed by atoms with Gasteiger partial charge in [-0.1, -0.05) is 41.9 Å². The number of rotatable bonds is 5. The molecule has 0 saturated carbocycles. The van der Waals surface area contributed by atoms with Gasteiger partial charge in [-0.25, -0.2) is 9.48 Å². The van der Waals surface area contributed by atoms with Crippen LogP contribution in [0.4, 0.5) is 4.79 Å². The number of hydrogen-bond acceptors (Lipinski definition) is 4. The Morgan fingerprint density at radius 1 is 1.09 bits per heavy atom. The highest BCUT2D eigenvalue weighted by Gasteiger charge is 2.32. The Bertz CT molecular complexity index is 1180. The number of carbonyl (C=O) groups is 2. The van der Waals surface area contributed by atoms with Gasteiger partial charge in [0.25, 0.3) is 5.91 Å². The molecule has 184 valence electrons. The average molecular weight is 495 g/mol. The highest BCUT2D eigenvalue weighted by Crippen LogP contribution is 2.32. The molecule has 0 bridgehead atoms. The van der Waals surface area contributed by atoms with Gasteiger partial charge in [-0.3, -0.25) is 4.79 Å². The van der Waals surface area contributed by atoms with Gasteiger partial charge in [-0.15, -0.1) is 0 Å². The lowest BCUT2D eigenvalue weighted by Crippen LogP contribution is -2.41. The number of aromatic nitrogens is 2. The summed E-state index contributed by atoms with van der Waals surface area (Å²) in [7, 11) is 0. The molecule has 1 N–H and O–H groups in total. The summed E-state index contributed by atoms with van der Waals surface area (Å²) in [6.45, 7) is 7.08. The van der Waals surface area contributed by atoms with Crippen molar-refractivity contribution < 1.29 is 14.3 Å². The van der Waals surface area contributed by atoms with Crippen LogP contribution in [0.3, 0.4) is 0 Å². The van der Waals surface area contributed by atoms with Crippen LogP contribution in [0, 0.1) is 0 Å². The third-order valence-electron chi connectivity index (χ3n) is 5.93. The normalized spacial score (nSPS) is 14.6. The zero-order valence-electron chi connectivity index (χ0n) is 20.3. The molecule has 8 heteroatoms. The molecule has 2 heterocycles. The number of likely N-dealkylation sites (tertiary alicyclic amines) is 1. The van der Waals surface area contributed by atoms with Crippen LogP contribution in [0.1, 0.15) is 61.1 Å². The molecule has 7 nitrogen and oxygen atoms in total. The van der Waals surface area contributed by atoms with Crippen molar-refractivity contribution in [2.24, 2.45) is 0 Å². The lowest BCUT2D eigenvalue weighted by Gasteiger charge is -2.34. The maximum Gasteiger partial charge on any atom is 0.410 e. The fourth-order valence-electron chi connectivity index (χ4n) is 4.29. The number of para-hydroxylation sites is 1. The number of halogens is 1. The number of nitrogens with zero attached hydrogens (tertiary/aromatic N) is 3. The van der Waals surface area contributed by atoms with Crippen molar-refractivity contribution in [3.63, 3.8) is 0 Å². The first-order valence-corrected chi connectivity index (χ1v) is 12.2. The standard InChI is InChI=1S/C27H31ClN4O3/c1-27(2,3)35-26(34)31-14-12-20(13-15-31)24-23(18-30-32(24)22-10-5-4-6-11-22)25(33)29-17-19-8-7-9-21(28)16-19/h4-11,16,18,20H,12-15,17H2,1-3H3,(H,29,33). The van der Waals surface area contributed by atoms with Crippen LogP contribution in [0.25, 0.3) is 5.69 Å². The summed E-state index contributed by atoms with van der Waals surface area (Å²) >= 11 is 6.08. The molecule has 3 aromatic rings. The lowest BCUT2D eigenvalue weighted by molar-refractivity contribution is 0.0203. The zero-order valence-corrected chi connectivity index (χ0v) is 21.1. The van der Waals surface area contributed by atoms with E-state index in [0.717, 1.165) is 16.9 Å². The van der Waals surface area contributed by atoms with Crippen LogP contribution in [-0.2, 0) is 11.3 Å². The van der Waals surface area contributed by atoms with E-state index in [2.05, 4.69) is 10.4 Å². The van der Waals surface area contributed by atoms with E-state index in [1.165, 1.54) is 0 Å². The minimum absolute atomic E-state index is 0.0725. The molecular weight excluding hydrogens is 464 g/mol. The summed E-state index contributed by atoms with van der Waals surface area (Å²) in [6.07, 6.45) is 2.76. The minimum Gasteiger partial charge on any atom is -0.444 e. The van der Waals surface area contributed by atoms with E-state index in [-0.39, 0.29) is 17.9 Å². The van der Waals surface area contributed by atoms with Crippen LogP contribution in [0.5, 0.6) is 0 Å². The predicted molar refractivity (Wildman–Crippen MR) is 136 cm³/mol. The summed E-state index contributed by atoms with van der Waals surface area (Å²) in [4.78, 5) is 27.5. The maximum atomic E-state index is 13.3. The fourth-order valence-corrected chi connectivity index (χ4v) is 4.50. The van der Waals surface area contributed by atoms with Gasteiger partial charge in [0.15, 0.2) is 0 Å². The minimum atomic E-state index is -0.534. The summed E-state index contributed by atoms with van der Waals surface area (Å²) in [5.41, 5.74) is 2.70. The molecule has 1 fully saturated rings. The van der Waals surface area contributed by atoms with Crippen LogP contribution in [0.15, 0.2) is 60.8 Å². The van der Waals surface area contributed by atoms with Gasteiger partial charge in [0.05, 0.1) is 23.1 Å². The third kappa shape index (κ3) is 6.22. The van der Waals surface area contributed by atoms with E-state index in [4.69, 9.17) is 16.3 Å². The van der Waals surface area contributed by atoms with Crippen LogP contribution in [0.2, 0.25) is 5.02 Å². The largest absolute Gasteiger partial charge is 0.444 e. The van der Waals surface area contributed by atoms with E-state index >= 15 is 0 Å². The molecule has 4 rings (SSSR count). The number of piperidine rings is 1. The van der Waals surface area contributed by atoms with Crippen molar-refractivity contribution >= 4 is 23.6 Å². The Morgan fingerprint density at radius 3 is 2.46 bits per heavy atom. The molecule has 0 atom stereocenters. The molecule has 1 aromatic heterocycles. The quantitative estimate of drug-likeness (QED) is 0.503. The first kappa shape index (κ1) is 24.8. The Balaban J connectivity index is 1.55. The SMILES string of the molecule is CC(C)(C)OC(=O)N1CCC(c2c(C(=O)NCc3cccc(Cl)c3)cnn2-c2ccccc2)CC1. The highest BCUT2D eigenvalue weighted by atomic mass is 35.5. The zero-order chi connectivity index (χ0) is 25.0. The molecule has 0 aliphatic carbocycles. The lowest BCUT2D eigenvalue weighted by atomic mass is 9.91. The molecule has 35 heavy (non-hydrogen) atoms. The van der Waals surface area contributed by atoms with Gasteiger partial charge in [-0.05, 0) is 63.4 Å². The van der Waals surface area contributed by atoms with Crippen molar-refractivity contribution in [3.8, 4) is 5.69 Å².